The fourth-order valence-corrected chi connectivity index (χ4v) is 2.06. The highest BCUT2D eigenvalue weighted by atomic mass is 16.5. The fourth-order valence-electron chi connectivity index (χ4n) is 2.06. The van der Waals surface area contributed by atoms with E-state index in [0.29, 0.717) is 37.1 Å². The maximum absolute atomic E-state index is 6.22. The summed E-state index contributed by atoms with van der Waals surface area (Å²) in [5.41, 5.74) is 8.35. The van der Waals surface area contributed by atoms with Crippen molar-refractivity contribution in [2.45, 2.75) is 40.7 Å². The van der Waals surface area contributed by atoms with Crippen molar-refractivity contribution >= 4 is 0 Å². The Morgan fingerprint density at radius 1 is 1.00 bits per heavy atom. The van der Waals surface area contributed by atoms with E-state index in [1.165, 1.54) is 5.57 Å². The zero-order valence-electron chi connectivity index (χ0n) is 13.7. The zero-order valence-corrected chi connectivity index (χ0v) is 13.7. The lowest BCUT2D eigenvalue weighted by Gasteiger charge is -2.18. The van der Waals surface area contributed by atoms with Gasteiger partial charge >= 0.3 is 0 Å². The first-order valence-electron chi connectivity index (χ1n) is 7.50. The number of hydrogen-bond donors (Lipinski definition) is 1. The summed E-state index contributed by atoms with van der Waals surface area (Å²) in [5, 5.41) is 0. The third-order valence-electron chi connectivity index (χ3n) is 2.83. The van der Waals surface area contributed by atoms with Gasteiger partial charge in [0, 0.05) is 6.04 Å². The average Bonchev–Trinajstić information content (AvgIpc) is 2.41. The van der Waals surface area contributed by atoms with Gasteiger partial charge in [-0.3, -0.25) is 0 Å². The molecule has 0 spiro atoms. The molecule has 0 saturated heterocycles. The molecule has 0 fully saturated rings. The van der Waals surface area contributed by atoms with Crippen LogP contribution in [0.2, 0.25) is 0 Å². The van der Waals surface area contributed by atoms with Crippen LogP contribution in [0.5, 0.6) is 17.2 Å². The van der Waals surface area contributed by atoms with E-state index in [1.54, 1.807) is 0 Å². The number of nitrogens with two attached hydrogens (primary N) is 1. The highest BCUT2D eigenvalue weighted by Crippen LogP contribution is 2.40. The number of rotatable bonds is 8. The minimum absolute atomic E-state index is 0.191. The summed E-state index contributed by atoms with van der Waals surface area (Å²) >= 11 is 0. The second-order valence-corrected chi connectivity index (χ2v) is 4.92. The Kier molecular flexibility index (Phi) is 7.09. The Balaban J connectivity index is 3.30. The van der Waals surface area contributed by atoms with E-state index < -0.39 is 0 Å². The van der Waals surface area contributed by atoms with E-state index in [9.17, 15) is 0 Å². The summed E-state index contributed by atoms with van der Waals surface area (Å²) in [5.74, 6) is 2.00. The van der Waals surface area contributed by atoms with Crippen molar-refractivity contribution in [3.8, 4) is 17.2 Å². The SMILES string of the molecule is CCOc1cc(C(N)C=C(C)C)cc(OCC)c1OCC. The molecule has 1 aromatic carbocycles. The van der Waals surface area contributed by atoms with Crippen LogP contribution in [0.1, 0.15) is 46.2 Å². The van der Waals surface area contributed by atoms with Gasteiger partial charge in [-0.05, 0) is 52.3 Å². The van der Waals surface area contributed by atoms with Crippen molar-refractivity contribution in [3.05, 3.63) is 29.3 Å². The number of allylic oxidation sites excluding steroid dienone is 1. The van der Waals surface area contributed by atoms with Crippen LogP contribution in [0.15, 0.2) is 23.8 Å². The quantitative estimate of drug-likeness (QED) is 0.740. The summed E-state index contributed by atoms with van der Waals surface area (Å²) in [6.07, 6.45) is 2.02. The van der Waals surface area contributed by atoms with Gasteiger partial charge in [-0.2, -0.15) is 0 Å². The summed E-state index contributed by atoms with van der Waals surface area (Å²) in [6, 6.07) is 3.67. The second kappa shape index (κ2) is 8.57. The van der Waals surface area contributed by atoms with Crippen LogP contribution in [0.3, 0.4) is 0 Å². The molecule has 1 aromatic rings. The fraction of sp³-hybridized carbons (Fsp3) is 0.529. The Bertz CT molecular complexity index is 452. The number of hydrogen-bond acceptors (Lipinski definition) is 4. The van der Waals surface area contributed by atoms with Crippen LogP contribution < -0.4 is 19.9 Å². The molecule has 0 radical (unpaired) electrons. The lowest BCUT2D eigenvalue weighted by Crippen LogP contribution is -2.10. The number of ether oxygens (including phenoxy) is 3. The van der Waals surface area contributed by atoms with Crippen LogP contribution in [0.4, 0.5) is 0 Å². The molecule has 0 aliphatic carbocycles. The van der Waals surface area contributed by atoms with E-state index in [0.717, 1.165) is 5.56 Å². The molecule has 1 atom stereocenters. The van der Waals surface area contributed by atoms with Gasteiger partial charge in [0.05, 0.1) is 19.8 Å². The minimum Gasteiger partial charge on any atom is -0.490 e. The molecular formula is C17H27NO3. The van der Waals surface area contributed by atoms with E-state index >= 15 is 0 Å². The predicted octanol–water partition coefficient (Wildman–Crippen LogP) is 3.85. The van der Waals surface area contributed by atoms with Gasteiger partial charge in [0.1, 0.15) is 0 Å². The van der Waals surface area contributed by atoms with Crippen LogP contribution in [0.25, 0.3) is 0 Å². The molecule has 118 valence electrons. The molecule has 2 N–H and O–H groups in total. The van der Waals surface area contributed by atoms with Crippen LogP contribution >= 0.6 is 0 Å². The number of benzene rings is 1. The van der Waals surface area contributed by atoms with Gasteiger partial charge in [-0.15, -0.1) is 0 Å². The van der Waals surface area contributed by atoms with E-state index in [-0.39, 0.29) is 6.04 Å². The minimum atomic E-state index is -0.191. The Labute approximate surface area is 127 Å². The van der Waals surface area contributed by atoms with Gasteiger partial charge in [-0.25, -0.2) is 0 Å². The van der Waals surface area contributed by atoms with Crippen LogP contribution in [-0.4, -0.2) is 19.8 Å². The lowest BCUT2D eigenvalue weighted by molar-refractivity contribution is 0.260. The molecular weight excluding hydrogens is 266 g/mol. The second-order valence-electron chi connectivity index (χ2n) is 4.92. The molecule has 4 nitrogen and oxygen atoms in total. The summed E-state index contributed by atoms with van der Waals surface area (Å²) in [4.78, 5) is 0. The van der Waals surface area contributed by atoms with Crippen LogP contribution in [0, 0.1) is 0 Å². The Hall–Kier alpha value is -1.68. The molecule has 4 heteroatoms. The molecule has 0 amide bonds. The molecule has 0 heterocycles. The van der Waals surface area contributed by atoms with Crippen molar-refractivity contribution in [2.75, 3.05) is 19.8 Å². The summed E-state index contributed by atoms with van der Waals surface area (Å²) in [7, 11) is 0. The van der Waals surface area contributed by atoms with Gasteiger partial charge in [-0.1, -0.05) is 11.6 Å². The monoisotopic (exact) mass is 293 g/mol. The van der Waals surface area contributed by atoms with Gasteiger partial charge in [0.2, 0.25) is 5.75 Å². The molecule has 0 aliphatic rings. The molecule has 0 aliphatic heterocycles. The molecule has 0 saturated carbocycles. The molecule has 0 aromatic heterocycles. The van der Waals surface area contributed by atoms with Gasteiger partial charge in [0.25, 0.3) is 0 Å². The van der Waals surface area contributed by atoms with Crippen LogP contribution in [-0.2, 0) is 0 Å². The average molecular weight is 293 g/mol. The normalized spacial score (nSPS) is 11.7. The standard InChI is InChI=1S/C17H27NO3/c1-6-19-15-10-13(14(18)9-12(4)5)11-16(20-7-2)17(15)21-8-3/h9-11,14H,6-8,18H2,1-5H3. The first kappa shape index (κ1) is 17.4. The molecule has 1 rings (SSSR count). The molecule has 0 bridgehead atoms. The van der Waals surface area contributed by atoms with E-state index in [4.69, 9.17) is 19.9 Å². The molecule has 21 heavy (non-hydrogen) atoms. The largest absolute Gasteiger partial charge is 0.490 e. The van der Waals surface area contributed by atoms with Gasteiger partial charge < -0.3 is 19.9 Å². The first-order valence-corrected chi connectivity index (χ1v) is 7.50. The Morgan fingerprint density at radius 3 is 1.86 bits per heavy atom. The predicted molar refractivity (Wildman–Crippen MR) is 86.3 cm³/mol. The smallest absolute Gasteiger partial charge is 0.203 e. The molecule has 1 unspecified atom stereocenters. The van der Waals surface area contributed by atoms with Crippen molar-refractivity contribution < 1.29 is 14.2 Å². The summed E-state index contributed by atoms with van der Waals surface area (Å²) in [6.45, 7) is 11.6. The van der Waals surface area contributed by atoms with E-state index in [2.05, 4.69) is 0 Å². The summed E-state index contributed by atoms with van der Waals surface area (Å²) < 4.78 is 17.1. The highest BCUT2D eigenvalue weighted by Gasteiger charge is 2.17. The highest BCUT2D eigenvalue weighted by molar-refractivity contribution is 5.55. The van der Waals surface area contributed by atoms with E-state index in [1.807, 2.05) is 52.8 Å². The lowest BCUT2D eigenvalue weighted by atomic mass is 10.0. The Morgan fingerprint density at radius 2 is 1.48 bits per heavy atom. The topological polar surface area (TPSA) is 53.7 Å². The van der Waals surface area contributed by atoms with Crippen molar-refractivity contribution in [3.63, 3.8) is 0 Å². The maximum Gasteiger partial charge on any atom is 0.203 e. The zero-order chi connectivity index (χ0) is 15.8. The maximum atomic E-state index is 6.22. The van der Waals surface area contributed by atoms with Crippen molar-refractivity contribution in [1.82, 2.24) is 0 Å². The van der Waals surface area contributed by atoms with Gasteiger partial charge in [0.15, 0.2) is 11.5 Å². The van der Waals surface area contributed by atoms with Crippen molar-refractivity contribution in [1.29, 1.82) is 0 Å². The third kappa shape index (κ3) is 4.97. The first-order chi connectivity index (χ1) is 10.0. The third-order valence-corrected chi connectivity index (χ3v) is 2.83. The van der Waals surface area contributed by atoms with Crippen molar-refractivity contribution in [2.24, 2.45) is 5.73 Å².